The lowest BCUT2D eigenvalue weighted by atomic mass is 10.1. The van der Waals surface area contributed by atoms with E-state index in [-0.39, 0.29) is 6.04 Å². The molecule has 3 heteroatoms. The van der Waals surface area contributed by atoms with Crippen molar-refractivity contribution in [2.75, 3.05) is 6.54 Å². The minimum absolute atomic E-state index is 0.146. The number of aryl methyl sites for hydroxylation is 2. The van der Waals surface area contributed by atoms with E-state index >= 15 is 0 Å². The minimum atomic E-state index is 0.146. The number of furan rings is 1. The minimum Gasteiger partial charge on any atom is -0.459 e. The van der Waals surface area contributed by atoms with Gasteiger partial charge in [-0.1, -0.05) is 25.5 Å². The molecule has 3 aromatic rings. The van der Waals surface area contributed by atoms with Crippen molar-refractivity contribution < 1.29 is 4.42 Å². The van der Waals surface area contributed by atoms with Gasteiger partial charge in [0.15, 0.2) is 0 Å². The van der Waals surface area contributed by atoms with Gasteiger partial charge in [-0.2, -0.15) is 0 Å². The molecule has 0 spiro atoms. The summed E-state index contributed by atoms with van der Waals surface area (Å²) in [7, 11) is 0. The summed E-state index contributed by atoms with van der Waals surface area (Å²) in [5.74, 6) is 1.00. The van der Waals surface area contributed by atoms with Crippen LogP contribution in [0.3, 0.4) is 0 Å². The van der Waals surface area contributed by atoms with Crippen LogP contribution in [0.15, 0.2) is 40.8 Å². The first kappa shape index (κ1) is 14.4. The largest absolute Gasteiger partial charge is 0.459 e. The predicted molar refractivity (Wildman–Crippen MR) is 90.2 cm³/mol. The third kappa shape index (κ3) is 2.89. The smallest absolute Gasteiger partial charge is 0.134 e. The van der Waals surface area contributed by atoms with Crippen LogP contribution in [0, 0.1) is 6.92 Å². The van der Waals surface area contributed by atoms with Gasteiger partial charge in [0.25, 0.3) is 0 Å². The van der Waals surface area contributed by atoms with Crippen molar-refractivity contribution >= 4 is 22.3 Å². The Kier molecular flexibility index (Phi) is 4.13. The van der Waals surface area contributed by atoms with Gasteiger partial charge in [-0.25, -0.2) is 0 Å². The van der Waals surface area contributed by atoms with Crippen LogP contribution in [0.2, 0.25) is 0 Å². The number of fused-ring (bicyclic) bond motifs is 1. The summed E-state index contributed by atoms with van der Waals surface area (Å²) in [4.78, 5) is 2.74. The molecule has 21 heavy (non-hydrogen) atoms. The molecule has 110 valence electrons. The Bertz CT molecular complexity index is 741. The van der Waals surface area contributed by atoms with E-state index in [2.05, 4.69) is 62.5 Å². The average Bonchev–Trinajstić information content (AvgIpc) is 3.10. The number of hydrogen-bond donors (Lipinski definition) is 1. The zero-order valence-electron chi connectivity index (χ0n) is 12.8. The molecule has 0 amide bonds. The zero-order chi connectivity index (χ0) is 14.8. The first-order valence-corrected chi connectivity index (χ1v) is 8.35. The normalized spacial score (nSPS) is 12.9. The Labute approximate surface area is 129 Å². The Hall–Kier alpha value is -1.58. The van der Waals surface area contributed by atoms with E-state index in [1.165, 1.54) is 20.7 Å². The Morgan fingerprint density at radius 3 is 2.71 bits per heavy atom. The van der Waals surface area contributed by atoms with E-state index in [1.807, 2.05) is 11.3 Å². The summed E-state index contributed by atoms with van der Waals surface area (Å²) in [5.41, 5.74) is 2.23. The molecule has 3 rings (SSSR count). The summed E-state index contributed by atoms with van der Waals surface area (Å²) in [6.07, 6.45) is 1.09. The standard InChI is InChI=1S/C18H21NOS/c1-4-14-7-9-17(21-14)18(19-5-2)16-11-13-10-12(3)6-8-15(13)20-16/h6-11,18-19H,4-5H2,1-3H3. The van der Waals surface area contributed by atoms with Crippen LogP contribution >= 0.6 is 11.3 Å². The second-order valence-electron chi connectivity index (χ2n) is 5.34. The summed E-state index contributed by atoms with van der Waals surface area (Å²) < 4.78 is 6.08. The lowest BCUT2D eigenvalue weighted by molar-refractivity contribution is 0.481. The number of hydrogen-bond acceptors (Lipinski definition) is 3. The first-order valence-electron chi connectivity index (χ1n) is 7.53. The highest BCUT2D eigenvalue weighted by molar-refractivity contribution is 7.12. The Morgan fingerprint density at radius 2 is 2.00 bits per heavy atom. The van der Waals surface area contributed by atoms with Crippen LogP contribution < -0.4 is 5.32 Å². The Balaban J connectivity index is 2.01. The van der Waals surface area contributed by atoms with E-state index in [9.17, 15) is 0 Å². The van der Waals surface area contributed by atoms with Crippen LogP contribution in [0.1, 0.15) is 41.0 Å². The summed E-state index contributed by atoms with van der Waals surface area (Å²) >= 11 is 1.87. The molecular formula is C18H21NOS. The molecule has 1 unspecified atom stereocenters. The molecule has 0 aliphatic carbocycles. The van der Waals surface area contributed by atoms with Gasteiger partial charge in [0.2, 0.25) is 0 Å². The predicted octanol–water partition coefficient (Wildman–Crippen LogP) is 5.06. The maximum Gasteiger partial charge on any atom is 0.134 e. The second-order valence-corrected chi connectivity index (χ2v) is 6.54. The summed E-state index contributed by atoms with van der Waals surface area (Å²) in [6.45, 7) is 7.36. The van der Waals surface area contributed by atoms with Crippen molar-refractivity contribution in [1.29, 1.82) is 0 Å². The SMILES string of the molecule is CCNC(c1cc2cc(C)ccc2o1)c1ccc(CC)s1. The van der Waals surface area contributed by atoms with Gasteiger partial charge in [-0.15, -0.1) is 11.3 Å². The molecule has 2 aromatic heterocycles. The van der Waals surface area contributed by atoms with E-state index in [4.69, 9.17) is 4.42 Å². The van der Waals surface area contributed by atoms with Crippen molar-refractivity contribution in [2.45, 2.75) is 33.2 Å². The van der Waals surface area contributed by atoms with Gasteiger partial charge < -0.3 is 9.73 Å². The monoisotopic (exact) mass is 299 g/mol. The fourth-order valence-corrected chi connectivity index (χ4v) is 3.65. The van der Waals surface area contributed by atoms with E-state index < -0.39 is 0 Å². The molecule has 0 aliphatic heterocycles. The van der Waals surface area contributed by atoms with Crippen molar-refractivity contribution in [3.63, 3.8) is 0 Å². The number of nitrogens with one attached hydrogen (secondary N) is 1. The maximum absolute atomic E-state index is 6.08. The molecule has 1 N–H and O–H groups in total. The first-order chi connectivity index (χ1) is 10.2. The van der Waals surface area contributed by atoms with Crippen molar-refractivity contribution in [3.05, 3.63) is 57.5 Å². The van der Waals surface area contributed by atoms with Crippen LogP contribution in [0.25, 0.3) is 11.0 Å². The highest BCUT2D eigenvalue weighted by atomic mass is 32.1. The van der Waals surface area contributed by atoms with Crippen molar-refractivity contribution in [2.24, 2.45) is 0 Å². The van der Waals surface area contributed by atoms with Gasteiger partial charge in [-0.3, -0.25) is 0 Å². The molecule has 0 radical (unpaired) electrons. The van der Waals surface area contributed by atoms with Crippen molar-refractivity contribution in [1.82, 2.24) is 5.32 Å². The van der Waals surface area contributed by atoms with Gasteiger partial charge >= 0.3 is 0 Å². The van der Waals surface area contributed by atoms with E-state index in [0.29, 0.717) is 0 Å². The molecule has 1 atom stereocenters. The Morgan fingerprint density at radius 1 is 1.14 bits per heavy atom. The molecule has 2 heterocycles. The topological polar surface area (TPSA) is 25.2 Å². The van der Waals surface area contributed by atoms with Crippen LogP contribution in [0.5, 0.6) is 0 Å². The maximum atomic E-state index is 6.08. The van der Waals surface area contributed by atoms with Crippen LogP contribution in [0.4, 0.5) is 0 Å². The molecule has 1 aromatic carbocycles. The molecule has 2 nitrogen and oxygen atoms in total. The highest BCUT2D eigenvalue weighted by Gasteiger charge is 2.19. The lowest BCUT2D eigenvalue weighted by Crippen LogP contribution is -2.20. The quantitative estimate of drug-likeness (QED) is 0.712. The zero-order valence-corrected chi connectivity index (χ0v) is 13.6. The second kappa shape index (κ2) is 6.04. The molecule has 0 saturated carbocycles. The summed E-state index contributed by atoms with van der Waals surface area (Å²) in [5, 5.41) is 4.73. The van der Waals surface area contributed by atoms with E-state index in [0.717, 1.165) is 24.3 Å². The summed E-state index contributed by atoms with van der Waals surface area (Å²) in [6, 6.07) is 13.1. The van der Waals surface area contributed by atoms with E-state index in [1.54, 1.807) is 0 Å². The number of rotatable bonds is 5. The number of thiophene rings is 1. The fraction of sp³-hybridized carbons (Fsp3) is 0.333. The van der Waals surface area contributed by atoms with Crippen LogP contribution in [-0.4, -0.2) is 6.54 Å². The molecule has 0 fully saturated rings. The molecule has 0 bridgehead atoms. The van der Waals surface area contributed by atoms with Crippen LogP contribution in [-0.2, 0) is 6.42 Å². The van der Waals surface area contributed by atoms with Gasteiger partial charge in [0, 0.05) is 15.1 Å². The fourth-order valence-electron chi connectivity index (χ4n) is 2.61. The third-order valence-electron chi connectivity index (χ3n) is 3.70. The highest BCUT2D eigenvalue weighted by Crippen LogP contribution is 2.32. The third-order valence-corrected chi connectivity index (χ3v) is 4.99. The lowest BCUT2D eigenvalue weighted by Gasteiger charge is -2.13. The van der Waals surface area contributed by atoms with Crippen molar-refractivity contribution in [3.8, 4) is 0 Å². The van der Waals surface area contributed by atoms with Gasteiger partial charge in [0.05, 0.1) is 0 Å². The van der Waals surface area contributed by atoms with Gasteiger partial charge in [0.1, 0.15) is 17.4 Å². The molecule has 0 aliphatic rings. The molecular weight excluding hydrogens is 278 g/mol. The van der Waals surface area contributed by atoms with Gasteiger partial charge in [-0.05, 0) is 50.2 Å². The number of benzene rings is 1. The molecule has 0 saturated heterocycles. The average molecular weight is 299 g/mol.